The number of rotatable bonds is 13. The number of nitrogens with zero attached hydrogens (tertiary/aromatic N) is 2. The number of hydrogen-bond donors (Lipinski definition) is 1. The lowest BCUT2D eigenvalue weighted by Gasteiger charge is -2.72. The molecule has 1 N–H and O–H groups in total. The van der Waals surface area contributed by atoms with Gasteiger partial charge in [-0.15, -0.1) is 0 Å². The van der Waals surface area contributed by atoms with Crippen LogP contribution in [-0.2, 0) is 19.1 Å². The number of ether oxygens (including phenoxy) is 1. The van der Waals surface area contributed by atoms with Crippen LogP contribution in [0.25, 0.3) is 0 Å². The Kier molecular flexibility index (Phi) is 11.1. The molecule has 0 saturated heterocycles. The molecule has 53 heavy (non-hydrogen) atoms. The first-order valence-corrected chi connectivity index (χ1v) is 21.7. The molecule has 0 bridgehead atoms. The second-order valence-corrected chi connectivity index (χ2v) is 21.8. The Balaban J connectivity index is 1.25. The molecule has 8 unspecified atom stereocenters. The number of allylic oxidation sites excluding steroid dienone is 2. The number of ketones is 1. The summed E-state index contributed by atoms with van der Waals surface area (Å²) in [6, 6.07) is 0. The molecule has 6 rings (SSSR count). The van der Waals surface area contributed by atoms with Gasteiger partial charge in [0.05, 0.1) is 11.8 Å². The molecule has 8 atom stereocenters. The lowest BCUT2D eigenvalue weighted by molar-refractivity contribution is -0.233. The SMILES string of the molecule is CC(C)C1=C2C3CCC4C5(C)CCC(OC(=O)CC(C)(C)C(=O)O)C(C)(C)C5CCC4(C)C3(C)CCC2(CCN(CCN(C)C)CC2CCC2)CC1=O. The van der Waals surface area contributed by atoms with Gasteiger partial charge < -0.3 is 19.6 Å². The highest BCUT2D eigenvalue weighted by molar-refractivity contribution is 6.00. The summed E-state index contributed by atoms with van der Waals surface area (Å²) in [5, 5.41) is 9.64. The molecule has 0 aliphatic heterocycles. The fourth-order valence-electron chi connectivity index (χ4n) is 13.9. The average Bonchev–Trinajstić information content (AvgIpc) is 3.33. The van der Waals surface area contributed by atoms with Crippen molar-refractivity contribution in [3.8, 4) is 0 Å². The Labute approximate surface area is 322 Å². The number of carbonyl (C=O) groups excluding carboxylic acids is 2. The third kappa shape index (κ3) is 6.90. The number of Topliss-reactive ketones (excluding diaryl/α,β-unsaturated/α-hetero) is 1. The Morgan fingerprint density at radius 2 is 1.57 bits per heavy atom. The van der Waals surface area contributed by atoms with E-state index in [1.54, 1.807) is 19.4 Å². The fraction of sp³-hybridized carbons (Fsp3) is 0.891. The monoisotopic (exact) mass is 737 g/mol. The molecular formula is C46H76N2O5. The fourth-order valence-corrected chi connectivity index (χ4v) is 13.9. The van der Waals surface area contributed by atoms with Crippen molar-refractivity contribution in [2.24, 2.45) is 62.1 Å². The molecule has 5 saturated carbocycles. The number of carboxylic acid groups (broad SMARTS) is 1. The second kappa shape index (κ2) is 14.3. The van der Waals surface area contributed by atoms with Crippen molar-refractivity contribution in [2.75, 3.05) is 40.3 Å². The quantitative estimate of drug-likeness (QED) is 0.189. The molecule has 5 fully saturated rings. The first-order valence-electron chi connectivity index (χ1n) is 21.7. The Morgan fingerprint density at radius 1 is 0.868 bits per heavy atom. The Morgan fingerprint density at radius 3 is 2.17 bits per heavy atom. The Hall–Kier alpha value is -1.73. The van der Waals surface area contributed by atoms with Crippen LogP contribution in [0.15, 0.2) is 11.1 Å². The minimum atomic E-state index is -1.14. The van der Waals surface area contributed by atoms with Crippen LogP contribution in [0.3, 0.4) is 0 Å². The summed E-state index contributed by atoms with van der Waals surface area (Å²) in [5.74, 6) is 1.67. The van der Waals surface area contributed by atoms with E-state index < -0.39 is 11.4 Å². The van der Waals surface area contributed by atoms with Gasteiger partial charge in [-0.1, -0.05) is 60.5 Å². The van der Waals surface area contributed by atoms with Gasteiger partial charge in [0.1, 0.15) is 6.10 Å². The standard InChI is InChI=1S/C46H76N2O5/c1-30(2)38-33(49)27-46(23-24-48(26-25-47(10)11)29-31-13-12-14-31)22-21-44(8)32(39(38)46)15-16-35-43(7)19-18-36(53-37(50)28-41(3,4)40(51)52)42(5,6)34(43)17-20-45(35,44)9/h30-32,34-36H,12-29H2,1-11H3,(H,51,52). The topological polar surface area (TPSA) is 87.2 Å². The van der Waals surface area contributed by atoms with Gasteiger partial charge in [-0.25, -0.2) is 0 Å². The van der Waals surface area contributed by atoms with Gasteiger partial charge in [0.25, 0.3) is 0 Å². The van der Waals surface area contributed by atoms with Gasteiger partial charge in [-0.05, 0) is 157 Å². The number of carboxylic acids is 1. The molecule has 0 spiro atoms. The van der Waals surface area contributed by atoms with Gasteiger partial charge in [0, 0.05) is 36.9 Å². The summed E-state index contributed by atoms with van der Waals surface area (Å²) in [4.78, 5) is 44.2. The van der Waals surface area contributed by atoms with Gasteiger partial charge in [-0.3, -0.25) is 14.4 Å². The summed E-state index contributed by atoms with van der Waals surface area (Å²) in [6.07, 6.45) is 14.6. The summed E-state index contributed by atoms with van der Waals surface area (Å²) in [6.45, 7) is 24.8. The molecule has 0 heterocycles. The predicted molar refractivity (Wildman–Crippen MR) is 212 cm³/mol. The van der Waals surface area contributed by atoms with Crippen molar-refractivity contribution in [1.29, 1.82) is 0 Å². The van der Waals surface area contributed by atoms with E-state index in [1.807, 2.05) is 0 Å². The Bertz CT molecular complexity index is 1460. The highest BCUT2D eigenvalue weighted by atomic mass is 16.5. The van der Waals surface area contributed by atoms with Crippen LogP contribution in [0.4, 0.5) is 0 Å². The number of esters is 1. The third-order valence-corrected chi connectivity index (χ3v) is 17.5. The van der Waals surface area contributed by atoms with Gasteiger partial charge in [0.2, 0.25) is 0 Å². The van der Waals surface area contributed by atoms with Gasteiger partial charge in [-0.2, -0.15) is 0 Å². The van der Waals surface area contributed by atoms with Gasteiger partial charge >= 0.3 is 11.9 Å². The molecule has 0 aromatic heterocycles. The highest BCUT2D eigenvalue weighted by Gasteiger charge is 2.70. The van der Waals surface area contributed by atoms with E-state index in [0.717, 1.165) is 64.1 Å². The first-order chi connectivity index (χ1) is 24.6. The largest absolute Gasteiger partial charge is 0.481 e. The highest BCUT2D eigenvalue weighted by Crippen LogP contribution is 2.77. The zero-order valence-electron chi connectivity index (χ0n) is 35.7. The molecular weight excluding hydrogens is 661 g/mol. The van der Waals surface area contributed by atoms with E-state index in [9.17, 15) is 19.5 Å². The van der Waals surface area contributed by atoms with Crippen LogP contribution in [0.5, 0.6) is 0 Å². The number of aliphatic carboxylic acids is 1. The zero-order chi connectivity index (χ0) is 38.9. The lowest BCUT2D eigenvalue weighted by Crippen LogP contribution is -2.65. The molecule has 0 aromatic carbocycles. The number of fused-ring (bicyclic) bond motifs is 7. The van der Waals surface area contributed by atoms with Crippen LogP contribution in [-0.4, -0.2) is 79.0 Å². The molecule has 0 aromatic rings. The predicted octanol–water partition coefficient (Wildman–Crippen LogP) is 9.43. The van der Waals surface area contributed by atoms with E-state index in [0.29, 0.717) is 23.5 Å². The minimum Gasteiger partial charge on any atom is -0.481 e. The number of likely N-dealkylation sites (N-methyl/N-ethyl adjacent to an activating group) is 1. The third-order valence-electron chi connectivity index (χ3n) is 17.5. The van der Waals surface area contributed by atoms with Crippen molar-refractivity contribution in [3.05, 3.63) is 11.1 Å². The molecule has 0 amide bonds. The summed E-state index contributed by atoms with van der Waals surface area (Å²) >= 11 is 0. The van der Waals surface area contributed by atoms with Crippen molar-refractivity contribution in [1.82, 2.24) is 9.80 Å². The summed E-state index contributed by atoms with van der Waals surface area (Å²) in [7, 11) is 4.37. The summed E-state index contributed by atoms with van der Waals surface area (Å²) < 4.78 is 6.21. The minimum absolute atomic E-state index is 0.0142. The van der Waals surface area contributed by atoms with E-state index in [-0.39, 0.29) is 51.5 Å². The van der Waals surface area contributed by atoms with Crippen LogP contribution in [0, 0.1) is 62.1 Å². The van der Waals surface area contributed by atoms with E-state index in [1.165, 1.54) is 57.1 Å². The van der Waals surface area contributed by atoms with Gasteiger partial charge in [0.15, 0.2) is 5.78 Å². The molecule has 7 heteroatoms. The van der Waals surface area contributed by atoms with E-state index in [4.69, 9.17) is 4.74 Å². The van der Waals surface area contributed by atoms with E-state index in [2.05, 4.69) is 72.4 Å². The second-order valence-electron chi connectivity index (χ2n) is 21.8. The number of hydrogen-bond acceptors (Lipinski definition) is 6. The van der Waals surface area contributed by atoms with Crippen molar-refractivity contribution >= 4 is 17.7 Å². The van der Waals surface area contributed by atoms with E-state index >= 15 is 0 Å². The first kappa shape index (κ1) is 40.9. The van der Waals surface area contributed by atoms with Crippen LogP contribution in [0.1, 0.15) is 152 Å². The molecule has 0 radical (unpaired) electrons. The maximum atomic E-state index is 14.2. The zero-order valence-corrected chi connectivity index (χ0v) is 35.7. The number of carbonyl (C=O) groups is 3. The van der Waals surface area contributed by atoms with Crippen LogP contribution >= 0.6 is 0 Å². The maximum Gasteiger partial charge on any atom is 0.309 e. The van der Waals surface area contributed by atoms with Crippen molar-refractivity contribution in [2.45, 2.75) is 158 Å². The lowest BCUT2D eigenvalue weighted by atomic mass is 9.33. The average molecular weight is 737 g/mol. The maximum absolute atomic E-state index is 14.2. The molecule has 7 nitrogen and oxygen atoms in total. The molecule has 300 valence electrons. The van der Waals surface area contributed by atoms with Crippen molar-refractivity contribution < 1.29 is 24.2 Å². The van der Waals surface area contributed by atoms with Crippen molar-refractivity contribution in [3.63, 3.8) is 0 Å². The smallest absolute Gasteiger partial charge is 0.309 e. The summed E-state index contributed by atoms with van der Waals surface area (Å²) in [5.41, 5.74) is 1.93. The van der Waals surface area contributed by atoms with Crippen LogP contribution in [0.2, 0.25) is 0 Å². The molecule has 6 aliphatic rings. The van der Waals surface area contributed by atoms with Crippen LogP contribution < -0.4 is 0 Å². The molecule has 6 aliphatic carbocycles. The normalized spacial score (nSPS) is 38.3.